The van der Waals surface area contributed by atoms with Gasteiger partial charge in [0.1, 0.15) is 5.75 Å². The Balaban J connectivity index is 1.81. The highest BCUT2D eigenvalue weighted by molar-refractivity contribution is 6.03. The van der Waals surface area contributed by atoms with Crippen molar-refractivity contribution in [2.45, 2.75) is 0 Å². The molecule has 5 rings (SSSR count). The number of carbonyl (C=O) groups excluding carboxylic acids is 1. The molecule has 11 nitrogen and oxygen atoms in total. The molecule has 0 bridgehead atoms. The van der Waals surface area contributed by atoms with Crippen LogP contribution in [0.4, 0.5) is 11.4 Å². The molecule has 2 heterocycles. The number of aromatic nitrogens is 4. The fourth-order valence-corrected chi connectivity index (χ4v) is 3.69. The molecule has 0 radical (unpaired) electrons. The van der Waals surface area contributed by atoms with E-state index < -0.39 is 10.8 Å². The van der Waals surface area contributed by atoms with E-state index in [2.05, 4.69) is 10.1 Å². The Morgan fingerprint density at radius 2 is 1.69 bits per heavy atom. The van der Waals surface area contributed by atoms with Crippen molar-refractivity contribution in [3.8, 4) is 17.1 Å². The van der Waals surface area contributed by atoms with Gasteiger partial charge in [-0.3, -0.25) is 19.5 Å². The smallest absolute Gasteiger partial charge is 0.269 e. The van der Waals surface area contributed by atoms with E-state index in [9.17, 15) is 14.9 Å². The number of hydrogen-bond donors (Lipinski definition) is 1. The molecule has 2 aromatic heterocycles. The number of non-ortho nitro benzene ring substituents is 1. The van der Waals surface area contributed by atoms with Crippen LogP contribution in [0.1, 0.15) is 10.5 Å². The summed E-state index contributed by atoms with van der Waals surface area (Å²) in [5.41, 5.74) is 8.13. The summed E-state index contributed by atoms with van der Waals surface area (Å²) in [7, 11) is 1.57. The number of ether oxygens (including phenoxy) is 1. The van der Waals surface area contributed by atoms with Crippen molar-refractivity contribution in [3.63, 3.8) is 0 Å². The van der Waals surface area contributed by atoms with Crippen molar-refractivity contribution >= 4 is 28.3 Å². The van der Waals surface area contributed by atoms with Crippen LogP contribution in [-0.2, 0) is 0 Å². The molecule has 0 unspecified atom stereocenters. The maximum atomic E-state index is 12.3. The lowest BCUT2D eigenvalue weighted by Gasteiger charge is -2.10. The predicted octanol–water partition coefficient (Wildman–Crippen LogP) is 3.46. The maximum absolute atomic E-state index is 12.3. The number of nitrogens with zero attached hydrogens (tertiary/aromatic N) is 6. The van der Waals surface area contributed by atoms with Gasteiger partial charge >= 0.3 is 0 Å². The highest BCUT2D eigenvalue weighted by Gasteiger charge is 2.19. The Bertz CT molecular complexity index is 1660. The Hall–Kier alpha value is -5.32. The summed E-state index contributed by atoms with van der Waals surface area (Å²) in [4.78, 5) is 32.2. The molecule has 2 N–H and O–H groups in total. The van der Waals surface area contributed by atoms with Gasteiger partial charge in [0.2, 0.25) is 5.62 Å². The summed E-state index contributed by atoms with van der Waals surface area (Å²) in [6.45, 7) is 0. The molecule has 11 heteroatoms. The fourth-order valence-electron chi connectivity index (χ4n) is 3.69. The number of nitro groups is 1. The number of methoxy groups -OCH3 is 1. The fraction of sp³-hybridized carbons (Fsp3) is 0.0400. The molecule has 178 valence electrons. The van der Waals surface area contributed by atoms with Gasteiger partial charge < -0.3 is 10.5 Å². The van der Waals surface area contributed by atoms with Gasteiger partial charge in [0.05, 0.1) is 28.8 Å². The number of rotatable bonds is 6. The molecule has 0 saturated heterocycles. The van der Waals surface area contributed by atoms with Crippen LogP contribution in [-0.4, -0.2) is 37.3 Å². The number of para-hydroxylation sites is 1. The summed E-state index contributed by atoms with van der Waals surface area (Å²) < 4.78 is 8.47. The highest BCUT2D eigenvalue weighted by atomic mass is 16.6. The lowest BCUT2D eigenvalue weighted by Crippen LogP contribution is -2.23. The van der Waals surface area contributed by atoms with Crippen molar-refractivity contribution in [3.05, 3.63) is 106 Å². The zero-order valence-electron chi connectivity index (χ0n) is 19.0. The summed E-state index contributed by atoms with van der Waals surface area (Å²) >= 11 is 0. The molecular weight excluding hydrogens is 462 g/mol. The van der Waals surface area contributed by atoms with Crippen molar-refractivity contribution in [2.75, 3.05) is 7.11 Å². The van der Waals surface area contributed by atoms with Crippen LogP contribution in [0.25, 0.3) is 22.4 Å². The number of fused-ring (bicyclic) bond motifs is 1. The normalized spacial score (nSPS) is 11.5. The van der Waals surface area contributed by atoms with E-state index in [4.69, 9.17) is 15.5 Å². The molecule has 0 aliphatic heterocycles. The molecule has 36 heavy (non-hydrogen) atoms. The van der Waals surface area contributed by atoms with Gasteiger partial charge in [-0.2, -0.15) is 10.1 Å². The average molecular weight is 481 g/mol. The Labute approximate surface area is 203 Å². The van der Waals surface area contributed by atoms with Crippen molar-refractivity contribution in [1.82, 2.24) is 19.3 Å². The topological polar surface area (TPSA) is 143 Å². The van der Waals surface area contributed by atoms with Gasteiger partial charge in [-0.25, -0.2) is 9.67 Å². The van der Waals surface area contributed by atoms with Gasteiger partial charge in [-0.05, 0) is 48.5 Å². The van der Waals surface area contributed by atoms with Crippen LogP contribution in [0.3, 0.4) is 0 Å². The van der Waals surface area contributed by atoms with Crippen LogP contribution in [0.15, 0.2) is 90.1 Å². The van der Waals surface area contributed by atoms with Gasteiger partial charge in [0.25, 0.3) is 11.6 Å². The van der Waals surface area contributed by atoms with E-state index in [1.54, 1.807) is 30.0 Å². The van der Waals surface area contributed by atoms with Crippen LogP contribution in [0.5, 0.6) is 5.75 Å². The Morgan fingerprint density at radius 3 is 2.31 bits per heavy atom. The largest absolute Gasteiger partial charge is 0.497 e. The number of amides is 1. The Kier molecular flexibility index (Phi) is 5.71. The van der Waals surface area contributed by atoms with Gasteiger partial charge in [0.15, 0.2) is 11.3 Å². The first-order chi connectivity index (χ1) is 17.4. The molecule has 3 aromatic carbocycles. The summed E-state index contributed by atoms with van der Waals surface area (Å²) in [5, 5.41) is 15.9. The molecular formula is C25H19N7O4. The van der Waals surface area contributed by atoms with E-state index in [0.717, 1.165) is 0 Å². The second kappa shape index (κ2) is 9.14. The molecule has 5 aromatic rings. The number of carbonyl (C=O) groups is 1. The monoisotopic (exact) mass is 481 g/mol. The first-order valence-corrected chi connectivity index (χ1v) is 10.8. The maximum Gasteiger partial charge on any atom is 0.269 e. The molecule has 0 spiro atoms. The van der Waals surface area contributed by atoms with Crippen LogP contribution < -0.4 is 16.1 Å². The van der Waals surface area contributed by atoms with Crippen molar-refractivity contribution in [1.29, 1.82) is 0 Å². The Morgan fingerprint density at radius 1 is 1.00 bits per heavy atom. The minimum absolute atomic E-state index is 0.0475. The predicted molar refractivity (Wildman–Crippen MR) is 132 cm³/mol. The van der Waals surface area contributed by atoms with Gasteiger partial charge in [-0.15, -0.1) is 0 Å². The third-order valence-corrected chi connectivity index (χ3v) is 5.45. The first kappa shape index (κ1) is 22.5. The van der Waals surface area contributed by atoms with Crippen LogP contribution in [0.2, 0.25) is 0 Å². The second-order valence-corrected chi connectivity index (χ2v) is 7.69. The van der Waals surface area contributed by atoms with Crippen molar-refractivity contribution in [2.24, 2.45) is 10.7 Å². The van der Waals surface area contributed by atoms with E-state index in [1.807, 2.05) is 42.5 Å². The standard InChI is InChI=1S/C25H19N7O4/c1-36-20-13-11-17(12-14-20)30-15-21-22(23(26)33)29-31(18-5-3-2-4-6-18)24(21)28-25(30)27-16-7-9-19(10-8-16)32(34)35/h2-15H,1H3,(H2,26,33). The SMILES string of the molecule is COc1ccc(-n2cc3c(C(N)=O)nn(-c4ccccc4)c3nc2=Nc2ccc([N+](=O)[O-])cc2)cc1. The quantitative estimate of drug-likeness (QED) is 0.291. The molecule has 0 atom stereocenters. The van der Waals surface area contributed by atoms with Crippen LogP contribution in [0, 0.1) is 10.1 Å². The number of nitrogens with two attached hydrogens (primary N) is 1. The lowest BCUT2D eigenvalue weighted by atomic mass is 10.2. The summed E-state index contributed by atoms with van der Waals surface area (Å²) in [5.74, 6) is -0.0326. The number of benzene rings is 3. The third-order valence-electron chi connectivity index (χ3n) is 5.45. The lowest BCUT2D eigenvalue weighted by molar-refractivity contribution is -0.384. The minimum Gasteiger partial charge on any atom is -0.497 e. The third kappa shape index (κ3) is 4.16. The van der Waals surface area contributed by atoms with Crippen molar-refractivity contribution < 1.29 is 14.5 Å². The van der Waals surface area contributed by atoms with E-state index in [0.29, 0.717) is 33.8 Å². The van der Waals surface area contributed by atoms with Gasteiger partial charge in [-0.1, -0.05) is 18.2 Å². The van der Waals surface area contributed by atoms with E-state index in [1.165, 1.54) is 28.9 Å². The zero-order valence-corrected chi connectivity index (χ0v) is 19.0. The highest BCUT2D eigenvalue weighted by Crippen LogP contribution is 2.22. The average Bonchev–Trinajstić information content (AvgIpc) is 3.28. The number of hydrogen-bond acceptors (Lipinski definition) is 7. The molecule has 0 aliphatic rings. The molecule has 0 fully saturated rings. The summed E-state index contributed by atoms with van der Waals surface area (Å²) in [6.07, 6.45) is 1.70. The molecule has 0 saturated carbocycles. The van der Waals surface area contributed by atoms with Gasteiger partial charge in [0, 0.05) is 24.0 Å². The summed E-state index contributed by atoms with van der Waals surface area (Å²) in [6, 6.07) is 22.2. The minimum atomic E-state index is -0.696. The molecule has 1 amide bonds. The van der Waals surface area contributed by atoms with E-state index in [-0.39, 0.29) is 17.0 Å². The van der Waals surface area contributed by atoms with Crippen LogP contribution >= 0.6 is 0 Å². The second-order valence-electron chi connectivity index (χ2n) is 7.69. The number of primary amides is 1. The first-order valence-electron chi connectivity index (χ1n) is 10.8. The zero-order chi connectivity index (χ0) is 25.2. The van der Waals surface area contributed by atoms with E-state index >= 15 is 0 Å². The number of nitro benzene ring substituents is 1. The molecule has 0 aliphatic carbocycles.